The molecule has 4 nitrogen and oxygen atoms in total. The number of fused-ring (bicyclic) bond motifs is 1. The molecular weight excluding hydrogens is 271 g/mol. The van der Waals surface area contributed by atoms with Crippen LogP contribution in [-0.2, 0) is 4.79 Å². The zero-order chi connectivity index (χ0) is 15.6. The molecule has 1 aromatic rings. The van der Waals surface area contributed by atoms with E-state index in [1.54, 1.807) is 6.07 Å². The molecule has 116 valence electrons. The van der Waals surface area contributed by atoms with Gasteiger partial charge in [-0.2, -0.15) is 0 Å². The molecule has 0 aliphatic carbocycles. The molecule has 0 radical (unpaired) electrons. The van der Waals surface area contributed by atoms with Gasteiger partial charge in [0.05, 0.1) is 5.69 Å². The maximum Gasteiger partial charge on any atom is 0.257 e. The van der Waals surface area contributed by atoms with Gasteiger partial charge in [-0.15, -0.1) is 0 Å². The molecule has 1 aliphatic rings. The highest BCUT2D eigenvalue weighted by Crippen LogP contribution is 2.36. The number of nitrogens with one attached hydrogen (secondary N) is 1. The number of carbonyl (C=O) groups is 1. The number of rotatable bonds is 6. The molecule has 0 bridgehead atoms. The summed E-state index contributed by atoms with van der Waals surface area (Å²) < 4.78 is 14.4. The van der Waals surface area contributed by atoms with E-state index in [1.807, 2.05) is 4.90 Å². The van der Waals surface area contributed by atoms with Gasteiger partial charge in [-0.1, -0.05) is 20.3 Å². The van der Waals surface area contributed by atoms with Gasteiger partial charge >= 0.3 is 0 Å². The molecule has 0 saturated heterocycles. The highest BCUT2D eigenvalue weighted by Gasteiger charge is 2.31. The fraction of sp³-hybridized carbons (Fsp3) is 0.562. The molecule has 2 atom stereocenters. The molecule has 0 spiro atoms. The van der Waals surface area contributed by atoms with E-state index in [0.717, 1.165) is 25.8 Å². The Morgan fingerprint density at radius 1 is 1.43 bits per heavy atom. The predicted molar refractivity (Wildman–Crippen MR) is 82.0 cm³/mol. The highest BCUT2D eigenvalue weighted by atomic mass is 19.1. The first-order chi connectivity index (χ1) is 9.99. The van der Waals surface area contributed by atoms with Crippen LogP contribution < -0.4 is 10.2 Å². The van der Waals surface area contributed by atoms with Crippen LogP contribution >= 0.6 is 0 Å². The lowest BCUT2D eigenvalue weighted by Gasteiger charge is -2.31. The first-order valence-electron chi connectivity index (χ1n) is 7.58. The van der Waals surface area contributed by atoms with Crippen LogP contribution in [0.1, 0.15) is 51.7 Å². The summed E-state index contributed by atoms with van der Waals surface area (Å²) in [6.45, 7) is 7.01. The number of amides is 1. The molecule has 0 saturated carbocycles. The van der Waals surface area contributed by atoms with Crippen LogP contribution in [-0.4, -0.2) is 23.6 Å². The van der Waals surface area contributed by atoms with Crippen LogP contribution in [0.2, 0.25) is 0 Å². The lowest BCUT2D eigenvalue weighted by atomic mass is 10.1. The van der Waals surface area contributed by atoms with E-state index in [-0.39, 0.29) is 11.9 Å². The molecule has 2 rings (SSSR count). The summed E-state index contributed by atoms with van der Waals surface area (Å²) in [4.78, 5) is 13.5. The van der Waals surface area contributed by atoms with Crippen molar-refractivity contribution in [3.8, 4) is 0 Å². The maximum absolute atomic E-state index is 14.4. The molecule has 21 heavy (non-hydrogen) atoms. The summed E-state index contributed by atoms with van der Waals surface area (Å²) in [6, 6.07) is 3.13. The number of carbonyl (C=O) groups excluding carboxylic acids is 1. The minimum absolute atomic E-state index is 0.214. The summed E-state index contributed by atoms with van der Waals surface area (Å²) in [6.07, 6.45) is 1.66. The summed E-state index contributed by atoms with van der Waals surface area (Å²) in [7, 11) is 0. The molecule has 5 heteroatoms. The number of hydrogen-bond acceptors (Lipinski definition) is 3. The second-order valence-electron chi connectivity index (χ2n) is 5.59. The lowest BCUT2D eigenvalue weighted by Crippen LogP contribution is -2.34. The van der Waals surface area contributed by atoms with E-state index in [4.69, 9.17) is 0 Å². The van der Waals surface area contributed by atoms with Crippen LogP contribution in [0.4, 0.5) is 15.8 Å². The SMILES string of the molecule is CCCCN(c1cc2c(cc1F)C(O)C(=O)N2)C(C)CC. The molecule has 2 N–H and O–H groups in total. The number of anilines is 2. The Labute approximate surface area is 125 Å². The van der Waals surface area contributed by atoms with Crippen molar-refractivity contribution in [2.24, 2.45) is 0 Å². The van der Waals surface area contributed by atoms with E-state index >= 15 is 0 Å². The Bertz CT molecular complexity index is 533. The second kappa shape index (κ2) is 6.43. The number of nitrogens with zero attached hydrogens (tertiary/aromatic N) is 1. The van der Waals surface area contributed by atoms with Gasteiger partial charge in [0.1, 0.15) is 5.82 Å². The standard InChI is InChI=1S/C16H23FN2O2/c1-4-6-7-19(10(3)5-2)14-9-13-11(8-12(14)17)15(20)16(21)18-13/h8-10,15,20H,4-7H2,1-3H3,(H,18,21). The van der Waals surface area contributed by atoms with Crippen molar-refractivity contribution in [1.29, 1.82) is 0 Å². The largest absolute Gasteiger partial charge is 0.378 e. The summed E-state index contributed by atoms with van der Waals surface area (Å²) in [5.74, 6) is -0.883. The fourth-order valence-electron chi connectivity index (χ4n) is 2.60. The molecule has 1 heterocycles. The third-order valence-electron chi connectivity index (χ3n) is 4.10. The minimum Gasteiger partial charge on any atom is -0.378 e. The van der Waals surface area contributed by atoms with E-state index in [9.17, 15) is 14.3 Å². The first-order valence-corrected chi connectivity index (χ1v) is 7.58. The summed E-state index contributed by atoms with van der Waals surface area (Å²) in [5.41, 5.74) is 1.32. The molecule has 0 fully saturated rings. The van der Waals surface area contributed by atoms with Crippen molar-refractivity contribution < 1.29 is 14.3 Å². The topological polar surface area (TPSA) is 52.6 Å². The number of unbranched alkanes of at least 4 members (excludes halogenated alkanes) is 1. The van der Waals surface area contributed by atoms with Crippen molar-refractivity contribution in [3.63, 3.8) is 0 Å². The van der Waals surface area contributed by atoms with Gasteiger partial charge in [0.15, 0.2) is 6.10 Å². The van der Waals surface area contributed by atoms with Gasteiger partial charge in [0.2, 0.25) is 0 Å². The average molecular weight is 294 g/mol. The molecule has 2 unspecified atom stereocenters. The molecular formula is C16H23FN2O2. The summed E-state index contributed by atoms with van der Waals surface area (Å²) in [5, 5.41) is 12.3. The Morgan fingerprint density at radius 2 is 2.14 bits per heavy atom. The number of benzene rings is 1. The van der Waals surface area contributed by atoms with Gasteiger partial charge < -0.3 is 15.3 Å². The van der Waals surface area contributed by atoms with Gasteiger partial charge in [-0.05, 0) is 31.9 Å². The van der Waals surface area contributed by atoms with E-state index < -0.39 is 12.0 Å². The number of aliphatic hydroxyl groups excluding tert-OH is 1. The van der Waals surface area contributed by atoms with Crippen molar-refractivity contribution in [2.75, 3.05) is 16.8 Å². The lowest BCUT2D eigenvalue weighted by molar-refractivity contribution is -0.123. The van der Waals surface area contributed by atoms with Crippen molar-refractivity contribution >= 4 is 17.3 Å². The number of aliphatic hydroxyl groups is 1. The minimum atomic E-state index is -1.27. The Kier molecular flexibility index (Phi) is 4.83. The van der Waals surface area contributed by atoms with Crippen molar-refractivity contribution in [1.82, 2.24) is 0 Å². The number of halogens is 1. The highest BCUT2D eigenvalue weighted by molar-refractivity contribution is 6.02. The number of hydrogen-bond donors (Lipinski definition) is 2. The van der Waals surface area contributed by atoms with Crippen LogP contribution in [0.15, 0.2) is 12.1 Å². The molecule has 1 aliphatic heterocycles. The van der Waals surface area contributed by atoms with Crippen LogP contribution in [0, 0.1) is 5.82 Å². The second-order valence-corrected chi connectivity index (χ2v) is 5.59. The van der Waals surface area contributed by atoms with Crippen LogP contribution in [0.25, 0.3) is 0 Å². The van der Waals surface area contributed by atoms with Gasteiger partial charge in [0, 0.05) is 23.8 Å². The third-order valence-corrected chi connectivity index (χ3v) is 4.10. The summed E-state index contributed by atoms with van der Waals surface area (Å²) >= 11 is 0. The van der Waals surface area contributed by atoms with Gasteiger partial charge in [0.25, 0.3) is 5.91 Å². The zero-order valence-corrected chi connectivity index (χ0v) is 12.8. The molecule has 0 aromatic heterocycles. The van der Waals surface area contributed by atoms with Crippen molar-refractivity contribution in [2.45, 2.75) is 52.2 Å². The quantitative estimate of drug-likeness (QED) is 0.847. The third kappa shape index (κ3) is 3.02. The van der Waals surface area contributed by atoms with Gasteiger partial charge in [-0.3, -0.25) is 4.79 Å². The monoisotopic (exact) mass is 294 g/mol. The van der Waals surface area contributed by atoms with Gasteiger partial charge in [-0.25, -0.2) is 4.39 Å². The smallest absolute Gasteiger partial charge is 0.257 e. The van der Waals surface area contributed by atoms with Crippen LogP contribution in [0.5, 0.6) is 0 Å². The Balaban J connectivity index is 2.38. The molecule has 1 aromatic carbocycles. The van der Waals surface area contributed by atoms with E-state index in [0.29, 0.717) is 16.9 Å². The molecule has 1 amide bonds. The Morgan fingerprint density at radius 3 is 2.76 bits per heavy atom. The average Bonchev–Trinajstić information content (AvgIpc) is 2.74. The van der Waals surface area contributed by atoms with E-state index in [2.05, 4.69) is 26.1 Å². The van der Waals surface area contributed by atoms with Crippen LogP contribution in [0.3, 0.4) is 0 Å². The maximum atomic E-state index is 14.4. The fourth-order valence-corrected chi connectivity index (χ4v) is 2.60. The predicted octanol–water partition coefficient (Wildman–Crippen LogP) is 3.22. The normalized spacial score (nSPS) is 18.3. The van der Waals surface area contributed by atoms with Crippen molar-refractivity contribution in [3.05, 3.63) is 23.5 Å². The first kappa shape index (κ1) is 15.8. The zero-order valence-electron chi connectivity index (χ0n) is 12.8. The Hall–Kier alpha value is -1.62. The van der Waals surface area contributed by atoms with E-state index in [1.165, 1.54) is 6.07 Å².